The average Bonchev–Trinajstić information content (AvgIpc) is 2.47. The highest BCUT2D eigenvalue weighted by molar-refractivity contribution is 7.86. The van der Waals surface area contributed by atoms with Crippen LogP contribution in [0.2, 0.25) is 0 Å². The minimum Gasteiger partial charge on any atom is -0.260 e. The van der Waals surface area contributed by atoms with Crippen molar-refractivity contribution in [2.75, 3.05) is 6.26 Å². The summed E-state index contributed by atoms with van der Waals surface area (Å²) < 4.78 is 26.8. The lowest BCUT2D eigenvalue weighted by Gasteiger charge is -2.09. The number of pyridine rings is 1. The van der Waals surface area contributed by atoms with Gasteiger partial charge in [-0.05, 0) is 24.5 Å². The molecule has 1 aliphatic carbocycles. The Morgan fingerprint density at radius 1 is 1.57 bits per heavy atom. The summed E-state index contributed by atoms with van der Waals surface area (Å²) in [5.41, 5.74) is 1.85. The molecule has 0 aliphatic heterocycles. The second-order valence-corrected chi connectivity index (χ2v) is 4.98. The summed E-state index contributed by atoms with van der Waals surface area (Å²) in [5, 5.41) is 0. The highest BCUT2D eigenvalue weighted by atomic mass is 32.2. The molecule has 1 aromatic heterocycles. The van der Waals surface area contributed by atoms with Crippen molar-refractivity contribution in [3.05, 3.63) is 29.6 Å². The van der Waals surface area contributed by atoms with Crippen LogP contribution in [0, 0.1) is 0 Å². The fraction of sp³-hybridized carbons (Fsp3) is 0.444. The van der Waals surface area contributed by atoms with Gasteiger partial charge in [0.25, 0.3) is 10.1 Å². The van der Waals surface area contributed by atoms with E-state index in [-0.39, 0.29) is 6.10 Å². The van der Waals surface area contributed by atoms with Crippen LogP contribution in [0.1, 0.15) is 23.8 Å². The van der Waals surface area contributed by atoms with Crippen LogP contribution in [0.3, 0.4) is 0 Å². The van der Waals surface area contributed by atoms with Crippen LogP contribution in [0.5, 0.6) is 0 Å². The van der Waals surface area contributed by atoms with Crippen molar-refractivity contribution in [2.45, 2.75) is 18.9 Å². The molecule has 5 heteroatoms. The summed E-state index contributed by atoms with van der Waals surface area (Å²) in [7, 11) is -3.39. The van der Waals surface area contributed by atoms with E-state index in [4.69, 9.17) is 4.18 Å². The zero-order chi connectivity index (χ0) is 10.2. The second kappa shape index (κ2) is 3.33. The van der Waals surface area contributed by atoms with Gasteiger partial charge in [-0.3, -0.25) is 9.17 Å². The first-order valence-electron chi connectivity index (χ1n) is 4.38. The Hall–Kier alpha value is -0.940. The van der Waals surface area contributed by atoms with Crippen LogP contribution < -0.4 is 0 Å². The number of nitrogens with zero attached hydrogens (tertiary/aromatic N) is 1. The van der Waals surface area contributed by atoms with E-state index in [1.165, 1.54) is 0 Å². The van der Waals surface area contributed by atoms with E-state index in [9.17, 15) is 8.42 Å². The second-order valence-electron chi connectivity index (χ2n) is 3.38. The number of aromatic nitrogens is 1. The van der Waals surface area contributed by atoms with Crippen molar-refractivity contribution >= 4 is 10.1 Å². The van der Waals surface area contributed by atoms with Gasteiger partial charge in [0.15, 0.2) is 0 Å². The van der Waals surface area contributed by atoms with Crippen LogP contribution in [-0.2, 0) is 20.7 Å². The maximum atomic E-state index is 10.9. The lowest BCUT2D eigenvalue weighted by Crippen LogP contribution is -2.08. The van der Waals surface area contributed by atoms with Crippen LogP contribution in [0.25, 0.3) is 0 Å². The predicted octanol–water partition coefficient (Wildman–Crippen LogP) is 1.05. The summed E-state index contributed by atoms with van der Waals surface area (Å²) in [4.78, 5) is 4.14. The molecule has 0 radical (unpaired) electrons. The van der Waals surface area contributed by atoms with Crippen LogP contribution in [0.15, 0.2) is 18.3 Å². The van der Waals surface area contributed by atoms with Gasteiger partial charge in [-0.2, -0.15) is 8.42 Å². The molecule has 0 saturated heterocycles. The van der Waals surface area contributed by atoms with E-state index < -0.39 is 10.1 Å². The molecule has 0 amide bonds. The number of hydrogen-bond donors (Lipinski definition) is 0. The molecule has 0 N–H and O–H groups in total. The minimum absolute atomic E-state index is 0.388. The standard InChI is InChI=1S/C9H11NO3S/c1-14(11,12)13-8-5-4-7-3-2-6-10-9(7)8/h2-3,6,8H,4-5H2,1H3/t8-/m1/s1. The first-order chi connectivity index (χ1) is 6.56. The molecule has 0 unspecified atom stereocenters. The maximum absolute atomic E-state index is 10.9. The predicted molar refractivity (Wildman–Crippen MR) is 51.2 cm³/mol. The highest BCUT2D eigenvalue weighted by Gasteiger charge is 2.27. The van der Waals surface area contributed by atoms with Gasteiger partial charge in [0, 0.05) is 6.20 Å². The van der Waals surface area contributed by atoms with Crippen molar-refractivity contribution in [3.63, 3.8) is 0 Å². The van der Waals surface area contributed by atoms with E-state index in [1.807, 2.05) is 12.1 Å². The molecular formula is C9H11NO3S. The lowest BCUT2D eigenvalue weighted by molar-refractivity contribution is 0.213. The molecule has 4 nitrogen and oxygen atoms in total. The number of rotatable bonds is 2. The van der Waals surface area contributed by atoms with Crippen molar-refractivity contribution < 1.29 is 12.6 Å². The van der Waals surface area contributed by atoms with Gasteiger partial charge in [-0.1, -0.05) is 6.07 Å². The normalized spacial score (nSPS) is 20.8. The quantitative estimate of drug-likeness (QED) is 0.689. The molecule has 0 saturated carbocycles. The maximum Gasteiger partial charge on any atom is 0.265 e. The van der Waals surface area contributed by atoms with Crippen LogP contribution in [-0.4, -0.2) is 19.7 Å². The fourth-order valence-electron chi connectivity index (χ4n) is 1.68. The van der Waals surface area contributed by atoms with Gasteiger partial charge >= 0.3 is 0 Å². The molecule has 1 atom stereocenters. The molecule has 2 rings (SSSR count). The molecule has 0 aromatic carbocycles. The first-order valence-corrected chi connectivity index (χ1v) is 6.20. The zero-order valence-electron chi connectivity index (χ0n) is 7.80. The molecule has 1 heterocycles. The SMILES string of the molecule is CS(=O)(=O)O[C@@H]1CCc2cccnc21. The van der Waals surface area contributed by atoms with E-state index in [1.54, 1.807) is 6.20 Å². The lowest BCUT2D eigenvalue weighted by atomic mass is 10.2. The summed E-state index contributed by atoms with van der Waals surface area (Å²) >= 11 is 0. The van der Waals surface area contributed by atoms with Crippen molar-refractivity contribution in [1.82, 2.24) is 4.98 Å². The first kappa shape index (κ1) is 9.61. The van der Waals surface area contributed by atoms with Gasteiger partial charge in [-0.15, -0.1) is 0 Å². The zero-order valence-corrected chi connectivity index (χ0v) is 8.62. The Bertz CT molecular complexity index is 441. The summed E-state index contributed by atoms with van der Waals surface area (Å²) in [6.07, 6.45) is 3.86. The Balaban J connectivity index is 2.27. The van der Waals surface area contributed by atoms with Gasteiger partial charge in [0.1, 0.15) is 6.10 Å². The third-order valence-electron chi connectivity index (χ3n) is 2.20. The van der Waals surface area contributed by atoms with E-state index in [0.29, 0.717) is 6.42 Å². The Kier molecular flexibility index (Phi) is 2.28. The van der Waals surface area contributed by atoms with E-state index >= 15 is 0 Å². The summed E-state index contributed by atoms with van der Waals surface area (Å²) in [6.45, 7) is 0. The molecule has 1 aromatic rings. The van der Waals surface area contributed by atoms with E-state index in [0.717, 1.165) is 23.9 Å². The smallest absolute Gasteiger partial charge is 0.260 e. The minimum atomic E-state index is -3.39. The largest absolute Gasteiger partial charge is 0.265 e. The van der Waals surface area contributed by atoms with E-state index in [2.05, 4.69) is 4.98 Å². The van der Waals surface area contributed by atoms with Crippen molar-refractivity contribution in [3.8, 4) is 0 Å². The summed E-state index contributed by atoms with van der Waals surface area (Å²) in [6, 6.07) is 3.80. The third kappa shape index (κ3) is 1.93. The number of aryl methyl sites for hydroxylation is 1. The topological polar surface area (TPSA) is 56.3 Å². The molecule has 1 aliphatic rings. The van der Waals surface area contributed by atoms with Gasteiger partial charge in [-0.25, -0.2) is 0 Å². The van der Waals surface area contributed by atoms with Gasteiger partial charge in [0.05, 0.1) is 11.9 Å². The Labute approximate surface area is 83.1 Å². The molecule has 76 valence electrons. The molecule has 0 bridgehead atoms. The highest BCUT2D eigenvalue weighted by Crippen LogP contribution is 2.32. The third-order valence-corrected chi connectivity index (χ3v) is 2.78. The summed E-state index contributed by atoms with van der Waals surface area (Å²) in [5.74, 6) is 0. The van der Waals surface area contributed by atoms with Crippen LogP contribution >= 0.6 is 0 Å². The Morgan fingerprint density at radius 2 is 2.36 bits per heavy atom. The average molecular weight is 213 g/mol. The van der Waals surface area contributed by atoms with Gasteiger partial charge in [0.2, 0.25) is 0 Å². The number of hydrogen-bond acceptors (Lipinski definition) is 4. The van der Waals surface area contributed by atoms with Crippen molar-refractivity contribution in [1.29, 1.82) is 0 Å². The number of fused-ring (bicyclic) bond motifs is 1. The van der Waals surface area contributed by atoms with Crippen LogP contribution in [0.4, 0.5) is 0 Å². The monoisotopic (exact) mass is 213 g/mol. The van der Waals surface area contributed by atoms with Gasteiger partial charge < -0.3 is 0 Å². The fourth-order valence-corrected chi connectivity index (χ4v) is 2.29. The Morgan fingerprint density at radius 3 is 3.07 bits per heavy atom. The molecular weight excluding hydrogens is 202 g/mol. The molecule has 0 fully saturated rings. The van der Waals surface area contributed by atoms with Crippen molar-refractivity contribution in [2.24, 2.45) is 0 Å². The molecule has 0 spiro atoms. The molecule has 14 heavy (non-hydrogen) atoms.